The van der Waals surface area contributed by atoms with Crippen molar-refractivity contribution in [2.75, 3.05) is 19.6 Å². The average Bonchev–Trinajstić information content (AvgIpc) is 2.69. The van der Waals surface area contributed by atoms with Gasteiger partial charge in [-0.25, -0.2) is 4.98 Å². The lowest BCUT2D eigenvalue weighted by Crippen LogP contribution is -2.49. The van der Waals surface area contributed by atoms with E-state index in [1.54, 1.807) is 0 Å². The molecule has 1 aliphatic rings. The zero-order chi connectivity index (χ0) is 10.7. The average molecular weight is 225 g/mol. The Balaban J connectivity index is 1.95. The van der Waals surface area contributed by atoms with E-state index in [1.807, 2.05) is 17.5 Å². The summed E-state index contributed by atoms with van der Waals surface area (Å²) in [4.78, 5) is 8.34. The van der Waals surface area contributed by atoms with Crippen molar-refractivity contribution in [1.82, 2.24) is 15.2 Å². The Kier molecular flexibility index (Phi) is 3.72. The summed E-state index contributed by atoms with van der Waals surface area (Å²) in [5.74, 6) is 0. The van der Waals surface area contributed by atoms with E-state index in [2.05, 4.69) is 29.0 Å². The molecule has 1 fully saturated rings. The van der Waals surface area contributed by atoms with Gasteiger partial charge in [0.25, 0.3) is 0 Å². The molecule has 0 bridgehead atoms. The fraction of sp³-hybridized carbons (Fsp3) is 0.727. The van der Waals surface area contributed by atoms with Gasteiger partial charge in [-0.15, -0.1) is 11.3 Å². The van der Waals surface area contributed by atoms with Crippen LogP contribution in [-0.4, -0.2) is 35.6 Å². The van der Waals surface area contributed by atoms with E-state index in [-0.39, 0.29) is 0 Å². The van der Waals surface area contributed by atoms with E-state index in [1.165, 1.54) is 9.88 Å². The maximum Gasteiger partial charge on any atom is 0.0925 e. The lowest BCUT2D eigenvalue weighted by Gasteiger charge is -2.33. The highest BCUT2D eigenvalue weighted by Gasteiger charge is 2.18. The molecule has 1 atom stereocenters. The monoisotopic (exact) mass is 225 g/mol. The Bertz CT molecular complexity index is 311. The Morgan fingerprint density at radius 3 is 3.20 bits per heavy atom. The number of hydrogen-bond donors (Lipinski definition) is 1. The number of nitrogens with zero attached hydrogens (tertiary/aromatic N) is 2. The van der Waals surface area contributed by atoms with Crippen molar-refractivity contribution in [1.29, 1.82) is 0 Å². The topological polar surface area (TPSA) is 28.2 Å². The van der Waals surface area contributed by atoms with Crippen LogP contribution in [0.2, 0.25) is 0 Å². The molecule has 2 heterocycles. The van der Waals surface area contributed by atoms with Crippen LogP contribution >= 0.6 is 11.3 Å². The van der Waals surface area contributed by atoms with Crippen LogP contribution in [0, 0.1) is 0 Å². The molecule has 1 aromatic rings. The summed E-state index contributed by atoms with van der Waals surface area (Å²) in [6, 6.07) is 0.644. The molecule has 0 amide bonds. The van der Waals surface area contributed by atoms with Gasteiger partial charge in [0.1, 0.15) is 0 Å². The summed E-state index contributed by atoms with van der Waals surface area (Å²) in [5.41, 5.74) is 0. The van der Waals surface area contributed by atoms with Crippen LogP contribution in [0.15, 0.2) is 6.20 Å². The molecule has 84 valence electrons. The quantitative estimate of drug-likeness (QED) is 0.845. The molecule has 0 saturated carbocycles. The Morgan fingerprint density at radius 2 is 2.53 bits per heavy atom. The molecule has 0 radical (unpaired) electrons. The van der Waals surface area contributed by atoms with Gasteiger partial charge in [0.05, 0.1) is 5.01 Å². The molecule has 1 N–H and O–H groups in total. The SMILES string of the molecule is CCc1ncc(CN2CCNCC2C)s1. The first kappa shape index (κ1) is 11.0. The summed E-state index contributed by atoms with van der Waals surface area (Å²) < 4.78 is 0. The first-order chi connectivity index (χ1) is 7.29. The lowest BCUT2D eigenvalue weighted by molar-refractivity contribution is 0.167. The van der Waals surface area contributed by atoms with E-state index in [0.717, 1.165) is 32.6 Å². The third kappa shape index (κ3) is 2.77. The lowest BCUT2D eigenvalue weighted by atomic mass is 10.2. The van der Waals surface area contributed by atoms with E-state index in [4.69, 9.17) is 0 Å². The predicted octanol–water partition coefficient (Wildman–Crippen LogP) is 1.50. The summed E-state index contributed by atoms with van der Waals surface area (Å²) in [7, 11) is 0. The molecular formula is C11H19N3S. The highest BCUT2D eigenvalue weighted by Crippen LogP contribution is 2.17. The van der Waals surface area contributed by atoms with Gasteiger partial charge >= 0.3 is 0 Å². The fourth-order valence-electron chi connectivity index (χ4n) is 1.90. The molecule has 0 spiro atoms. The minimum Gasteiger partial charge on any atom is -0.314 e. The molecular weight excluding hydrogens is 206 g/mol. The minimum atomic E-state index is 0.644. The van der Waals surface area contributed by atoms with Gasteiger partial charge in [0.15, 0.2) is 0 Å². The number of nitrogens with one attached hydrogen (secondary N) is 1. The fourth-order valence-corrected chi connectivity index (χ4v) is 2.79. The highest BCUT2D eigenvalue weighted by atomic mass is 32.1. The third-order valence-corrected chi connectivity index (χ3v) is 4.03. The highest BCUT2D eigenvalue weighted by molar-refractivity contribution is 7.11. The largest absolute Gasteiger partial charge is 0.314 e. The van der Waals surface area contributed by atoms with Crippen LogP contribution in [0.1, 0.15) is 23.7 Å². The van der Waals surface area contributed by atoms with Crippen LogP contribution in [0.25, 0.3) is 0 Å². The standard InChI is InChI=1S/C11H19N3S/c1-3-11-13-7-10(15-11)8-14-5-4-12-6-9(14)2/h7,9,12H,3-6,8H2,1-2H3. The van der Waals surface area contributed by atoms with Gasteiger partial charge in [-0.2, -0.15) is 0 Å². The van der Waals surface area contributed by atoms with E-state index < -0.39 is 0 Å². The van der Waals surface area contributed by atoms with E-state index in [0.29, 0.717) is 6.04 Å². The summed E-state index contributed by atoms with van der Waals surface area (Å²) in [6.45, 7) is 8.90. The van der Waals surface area contributed by atoms with Gasteiger partial charge in [-0.3, -0.25) is 4.90 Å². The maximum atomic E-state index is 4.40. The maximum absolute atomic E-state index is 4.40. The van der Waals surface area contributed by atoms with Crippen LogP contribution < -0.4 is 5.32 Å². The molecule has 1 aromatic heterocycles. The number of piperazine rings is 1. The number of thiazole rings is 1. The van der Waals surface area contributed by atoms with Crippen molar-refractivity contribution in [3.05, 3.63) is 16.1 Å². The molecule has 1 unspecified atom stereocenters. The van der Waals surface area contributed by atoms with E-state index in [9.17, 15) is 0 Å². The predicted molar refractivity (Wildman–Crippen MR) is 64.2 cm³/mol. The normalized spacial score (nSPS) is 23.2. The van der Waals surface area contributed by atoms with Crippen LogP contribution in [0.3, 0.4) is 0 Å². The van der Waals surface area contributed by atoms with Gasteiger partial charge < -0.3 is 5.32 Å². The molecule has 1 saturated heterocycles. The molecule has 1 aliphatic heterocycles. The smallest absolute Gasteiger partial charge is 0.0925 e. The second-order valence-electron chi connectivity index (χ2n) is 4.10. The number of rotatable bonds is 3. The van der Waals surface area contributed by atoms with E-state index >= 15 is 0 Å². The summed E-state index contributed by atoms with van der Waals surface area (Å²) in [6.07, 6.45) is 3.10. The van der Waals surface area contributed by atoms with Crippen molar-refractivity contribution in [2.45, 2.75) is 32.9 Å². The molecule has 0 aromatic carbocycles. The number of hydrogen-bond acceptors (Lipinski definition) is 4. The third-order valence-electron chi connectivity index (χ3n) is 2.90. The minimum absolute atomic E-state index is 0.644. The number of aromatic nitrogens is 1. The van der Waals surface area contributed by atoms with Gasteiger partial charge in [-0.1, -0.05) is 6.92 Å². The zero-order valence-electron chi connectivity index (χ0n) is 9.49. The van der Waals surface area contributed by atoms with Gasteiger partial charge in [0.2, 0.25) is 0 Å². The summed E-state index contributed by atoms with van der Waals surface area (Å²) >= 11 is 1.86. The molecule has 4 heteroatoms. The first-order valence-corrected chi connectivity index (χ1v) is 6.49. The summed E-state index contributed by atoms with van der Waals surface area (Å²) in [5, 5.41) is 4.67. The van der Waals surface area contributed by atoms with Crippen LogP contribution in [0.4, 0.5) is 0 Å². The van der Waals surface area contributed by atoms with Crippen LogP contribution in [-0.2, 0) is 13.0 Å². The zero-order valence-corrected chi connectivity index (χ0v) is 10.3. The van der Waals surface area contributed by atoms with Crippen molar-refractivity contribution in [2.24, 2.45) is 0 Å². The first-order valence-electron chi connectivity index (χ1n) is 5.68. The Morgan fingerprint density at radius 1 is 1.67 bits per heavy atom. The molecule has 2 rings (SSSR count). The van der Waals surface area contributed by atoms with Gasteiger partial charge in [0, 0.05) is 43.3 Å². The van der Waals surface area contributed by atoms with Crippen molar-refractivity contribution in [3.63, 3.8) is 0 Å². The molecule has 15 heavy (non-hydrogen) atoms. The Hall–Kier alpha value is -0.450. The molecule has 3 nitrogen and oxygen atoms in total. The van der Waals surface area contributed by atoms with Crippen molar-refractivity contribution in [3.8, 4) is 0 Å². The van der Waals surface area contributed by atoms with Gasteiger partial charge in [-0.05, 0) is 13.3 Å². The van der Waals surface area contributed by atoms with Crippen LogP contribution in [0.5, 0.6) is 0 Å². The van der Waals surface area contributed by atoms with Crippen molar-refractivity contribution >= 4 is 11.3 Å². The Labute approximate surface area is 95.5 Å². The van der Waals surface area contributed by atoms with Crippen molar-refractivity contribution < 1.29 is 0 Å². The molecule has 0 aliphatic carbocycles. The second-order valence-corrected chi connectivity index (χ2v) is 5.30. The number of aryl methyl sites for hydroxylation is 1. The second kappa shape index (κ2) is 5.05.